The average Bonchev–Trinajstić information content (AvgIpc) is 2.26. The maximum Gasteiger partial charge on any atom is 0.573 e. The van der Waals surface area contributed by atoms with Crippen molar-refractivity contribution in [1.29, 1.82) is 0 Å². The van der Waals surface area contributed by atoms with Crippen molar-refractivity contribution in [2.45, 2.75) is 19.5 Å². The van der Waals surface area contributed by atoms with Crippen LogP contribution in [-0.2, 0) is 13.2 Å². The number of alkyl halides is 3. The number of pyridine rings is 1. The van der Waals surface area contributed by atoms with Crippen LogP contribution < -0.4 is 15.2 Å². The molecule has 0 spiro atoms. The Morgan fingerprint density at radius 3 is 2.41 bits per heavy atom. The molecule has 1 aromatic heterocycles. The molecule has 0 aliphatic carbocycles. The lowest BCUT2D eigenvalue weighted by molar-refractivity contribution is -0.275. The number of hydrogen-bond donors (Lipinski definition) is 2. The summed E-state index contributed by atoms with van der Waals surface area (Å²) >= 11 is 0. The van der Waals surface area contributed by atoms with Gasteiger partial charge in [0.1, 0.15) is 11.4 Å². The molecule has 0 atom stereocenters. The van der Waals surface area contributed by atoms with Crippen LogP contribution in [0.25, 0.3) is 0 Å². The van der Waals surface area contributed by atoms with E-state index in [4.69, 9.17) is 15.6 Å². The Labute approximate surface area is 95.0 Å². The first kappa shape index (κ1) is 13.5. The summed E-state index contributed by atoms with van der Waals surface area (Å²) in [5.41, 5.74) is 5.33. The molecule has 0 saturated heterocycles. The molecule has 1 aromatic rings. The Hall–Kier alpha value is -1.54. The van der Waals surface area contributed by atoms with Gasteiger partial charge in [-0.05, 0) is 0 Å². The van der Waals surface area contributed by atoms with Gasteiger partial charge in [0.15, 0.2) is 5.75 Å². The number of hydrogen-bond acceptors (Lipinski definition) is 5. The van der Waals surface area contributed by atoms with Gasteiger partial charge in [-0.3, -0.25) is 0 Å². The Bertz CT molecular complexity index is 396. The molecule has 8 heteroatoms. The largest absolute Gasteiger partial charge is 0.573 e. The molecular weight excluding hydrogens is 241 g/mol. The Morgan fingerprint density at radius 2 is 2.00 bits per heavy atom. The zero-order chi connectivity index (χ0) is 13.1. The van der Waals surface area contributed by atoms with Crippen molar-refractivity contribution in [1.82, 2.24) is 4.98 Å². The second kappa shape index (κ2) is 5.19. The van der Waals surface area contributed by atoms with Crippen LogP contribution in [0.15, 0.2) is 6.07 Å². The van der Waals surface area contributed by atoms with Crippen LogP contribution in [0.2, 0.25) is 0 Å². The molecular formula is C9H11F3N2O3. The van der Waals surface area contributed by atoms with E-state index in [1.165, 1.54) is 7.11 Å². The smallest absolute Gasteiger partial charge is 0.495 e. The van der Waals surface area contributed by atoms with E-state index in [1.54, 1.807) is 0 Å². The highest BCUT2D eigenvalue weighted by Crippen LogP contribution is 2.30. The number of nitrogens with zero attached hydrogens (tertiary/aromatic N) is 1. The highest BCUT2D eigenvalue weighted by atomic mass is 19.4. The molecule has 1 heterocycles. The van der Waals surface area contributed by atoms with Crippen molar-refractivity contribution < 1.29 is 27.8 Å². The summed E-state index contributed by atoms with van der Waals surface area (Å²) in [4.78, 5) is 3.74. The van der Waals surface area contributed by atoms with Gasteiger partial charge >= 0.3 is 6.36 Å². The van der Waals surface area contributed by atoms with E-state index in [2.05, 4.69) is 9.72 Å². The summed E-state index contributed by atoms with van der Waals surface area (Å²) in [6, 6.07) is 0.994. The van der Waals surface area contributed by atoms with Crippen molar-refractivity contribution in [3.8, 4) is 11.5 Å². The Morgan fingerprint density at radius 1 is 1.35 bits per heavy atom. The Balaban J connectivity index is 3.19. The third-order valence-corrected chi connectivity index (χ3v) is 1.89. The molecule has 17 heavy (non-hydrogen) atoms. The van der Waals surface area contributed by atoms with E-state index in [-0.39, 0.29) is 23.7 Å². The van der Waals surface area contributed by atoms with Crippen LogP contribution in [0.1, 0.15) is 11.4 Å². The number of nitrogens with two attached hydrogens (primary N) is 1. The minimum absolute atomic E-state index is 0.0253. The molecule has 0 aliphatic rings. The van der Waals surface area contributed by atoms with Crippen LogP contribution in [0.5, 0.6) is 11.5 Å². The molecule has 0 aliphatic heterocycles. The number of rotatable bonds is 4. The van der Waals surface area contributed by atoms with Crippen LogP contribution in [-0.4, -0.2) is 23.6 Å². The summed E-state index contributed by atoms with van der Waals surface area (Å²) in [6.07, 6.45) is -4.86. The molecule has 0 amide bonds. The van der Waals surface area contributed by atoms with E-state index in [9.17, 15) is 13.2 Å². The van der Waals surface area contributed by atoms with E-state index >= 15 is 0 Å². The van der Waals surface area contributed by atoms with Crippen molar-refractivity contribution in [3.63, 3.8) is 0 Å². The summed E-state index contributed by atoms with van der Waals surface area (Å²) in [5, 5.41) is 8.91. The standard InChI is InChI=1S/C9H11F3N2O3/c1-16-7-2-8(17-9(10,11)12)6(4-15)14-5(7)3-13/h2,15H,3-4,13H2,1H3. The maximum atomic E-state index is 12.1. The van der Waals surface area contributed by atoms with Gasteiger partial charge in [-0.15, -0.1) is 13.2 Å². The van der Waals surface area contributed by atoms with Crippen LogP contribution in [0.3, 0.4) is 0 Å². The number of ether oxygens (including phenoxy) is 2. The second-order valence-corrected chi connectivity index (χ2v) is 2.99. The van der Waals surface area contributed by atoms with Gasteiger partial charge in [-0.25, -0.2) is 4.98 Å². The molecule has 0 fully saturated rings. The number of aliphatic hydroxyl groups excluding tert-OH is 1. The fraction of sp³-hybridized carbons (Fsp3) is 0.444. The number of methoxy groups -OCH3 is 1. The van der Waals surface area contributed by atoms with Gasteiger partial charge in [0.2, 0.25) is 0 Å². The molecule has 0 unspecified atom stereocenters. The summed E-state index contributed by atoms with van der Waals surface area (Å²) < 4.78 is 44.8. The molecule has 0 saturated carbocycles. The fourth-order valence-electron chi connectivity index (χ4n) is 1.21. The van der Waals surface area contributed by atoms with Gasteiger partial charge in [0.25, 0.3) is 0 Å². The molecule has 96 valence electrons. The lowest BCUT2D eigenvalue weighted by atomic mass is 10.2. The number of halogens is 3. The fourth-order valence-corrected chi connectivity index (χ4v) is 1.21. The maximum absolute atomic E-state index is 12.1. The minimum Gasteiger partial charge on any atom is -0.495 e. The highest BCUT2D eigenvalue weighted by Gasteiger charge is 2.33. The molecule has 3 N–H and O–H groups in total. The van der Waals surface area contributed by atoms with E-state index in [1.807, 2.05) is 0 Å². The predicted octanol–water partition coefficient (Wildman–Crippen LogP) is 0.940. The third kappa shape index (κ3) is 3.46. The van der Waals surface area contributed by atoms with Gasteiger partial charge < -0.3 is 20.3 Å². The first-order chi connectivity index (χ1) is 7.91. The third-order valence-electron chi connectivity index (χ3n) is 1.89. The van der Waals surface area contributed by atoms with Crippen molar-refractivity contribution in [2.24, 2.45) is 5.73 Å². The molecule has 0 radical (unpaired) electrons. The lowest BCUT2D eigenvalue weighted by Gasteiger charge is -2.14. The van der Waals surface area contributed by atoms with Gasteiger partial charge in [-0.1, -0.05) is 0 Å². The van der Waals surface area contributed by atoms with Gasteiger partial charge in [0, 0.05) is 12.6 Å². The molecule has 0 bridgehead atoms. The predicted molar refractivity (Wildman–Crippen MR) is 51.3 cm³/mol. The average molecular weight is 252 g/mol. The first-order valence-corrected chi connectivity index (χ1v) is 4.54. The SMILES string of the molecule is COc1cc(OC(F)(F)F)c(CO)nc1CN. The molecule has 1 rings (SSSR count). The zero-order valence-electron chi connectivity index (χ0n) is 8.91. The zero-order valence-corrected chi connectivity index (χ0v) is 8.91. The first-order valence-electron chi connectivity index (χ1n) is 4.54. The normalized spacial score (nSPS) is 11.4. The summed E-state index contributed by atoms with van der Waals surface area (Å²) in [5.74, 6) is -0.530. The van der Waals surface area contributed by atoms with Crippen molar-refractivity contribution >= 4 is 0 Å². The van der Waals surface area contributed by atoms with E-state index < -0.39 is 18.7 Å². The Kier molecular flexibility index (Phi) is 4.13. The highest BCUT2D eigenvalue weighted by molar-refractivity contribution is 5.40. The van der Waals surface area contributed by atoms with Crippen molar-refractivity contribution in [3.05, 3.63) is 17.5 Å². The molecule has 0 aromatic carbocycles. The topological polar surface area (TPSA) is 77.6 Å². The lowest BCUT2D eigenvalue weighted by Crippen LogP contribution is -2.19. The quantitative estimate of drug-likeness (QED) is 0.833. The summed E-state index contributed by atoms with van der Waals surface area (Å²) in [6.45, 7) is -0.717. The van der Waals surface area contributed by atoms with Gasteiger partial charge in [-0.2, -0.15) is 0 Å². The van der Waals surface area contributed by atoms with E-state index in [0.29, 0.717) is 0 Å². The summed E-state index contributed by atoms with van der Waals surface area (Å²) in [7, 11) is 1.27. The van der Waals surface area contributed by atoms with Gasteiger partial charge in [0.05, 0.1) is 19.4 Å². The van der Waals surface area contributed by atoms with Crippen LogP contribution in [0.4, 0.5) is 13.2 Å². The van der Waals surface area contributed by atoms with E-state index in [0.717, 1.165) is 6.07 Å². The van der Waals surface area contributed by atoms with Crippen LogP contribution >= 0.6 is 0 Å². The van der Waals surface area contributed by atoms with Crippen molar-refractivity contribution in [2.75, 3.05) is 7.11 Å². The number of aromatic nitrogens is 1. The number of aliphatic hydroxyl groups is 1. The molecule has 5 nitrogen and oxygen atoms in total. The van der Waals surface area contributed by atoms with Crippen LogP contribution in [0, 0.1) is 0 Å². The second-order valence-electron chi connectivity index (χ2n) is 2.99. The minimum atomic E-state index is -4.86. The monoisotopic (exact) mass is 252 g/mol.